The second-order valence-corrected chi connectivity index (χ2v) is 10.8. The number of primary amides is 1. The summed E-state index contributed by atoms with van der Waals surface area (Å²) in [6.07, 6.45) is 2.51. The van der Waals surface area contributed by atoms with Gasteiger partial charge in [0.25, 0.3) is 5.91 Å². The Hall–Kier alpha value is -4.59. The van der Waals surface area contributed by atoms with E-state index in [-0.39, 0.29) is 24.2 Å². The van der Waals surface area contributed by atoms with Gasteiger partial charge in [0.2, 0.25) is 11.8 Å². The molecule has 40 heavy (non-hydrogen) atoms. The highest BCUT2D eigenvalue weighted by molar-refractivity contribution is 6.04. The number of carbonyl (C=O) groups excluding carboxylic acids is 2. The number of alkyl halides is 2. The van der Waals surface area contributed by atoms with Crippen LogP contribution in [-0.2, 0) is 10.2 Å². The maximum absolute atomic E-state index is 14.3. The van der Waals surface area contributed by atoms with E-state index in [0.29, 0.717) is 23.8 Å². The van der Waals surface area contributed by atoms with Crippen LogP contribution in [0.2, 0.25) is 0 Å². The lowest BCUT2D eigenvalue weighted by atomic mass is 9.66. The molecule has 2 amide bonds. The Balaban J connectivity index is 1.46. The summed E-state index contributed by atoms with van der Waals surface area (Å²) >= 11 is 0. The van der Waals surface area contributed by atoms with E-state index >= 15 is 0 Å². The third-order valence-corrected chi connectivity index (χ3v) is 8.17. The Morgan fingerprint density at radius 1 is 1.07 bits per heavy atom. The van der Waals surface area contributed by atoms with E-state index in [0.717, 1.165) is 22.4 Å². The number of furan rings is 1. The Morgan fingerprint density at radius 3 is 2.38 bits per heavy atom. The summed E-state index contributed by atoms with van der Waals surface area (Å²) in [6, 6.07) is 13.2. The molecule has 3 N–H and O–H groups in total. The topological polar surface area (TPSA) is 140 Å². The van der Waals surface area contributed by atoms with Crippen molar-refractivity contribution in [2.45, 2.75) is 62.3 Å². The molecule has 6 rings (SSSR count). The van der Waals surface area contributed by atoms with Gasteiger partial charge in [-0.2, -0.15) is 10.4 Å². The third kappa shape index (κ3) is 4.20. The van der Waals surface area contributed by atoms with Gasteiger partial charge in [-0.15, -0.1) is 0 Å². The van der Waals surface area contributed by atoms with Gasteiger partial charge in [0.05, 0.1) is 17.2 Å². The fourth-order valence-corrected chi connectivity index (χ4v) is 5.71. The third-order valence-electron chi connectivity index (χ3n) is 8.17. The molecule has 204 valence electrons. The summed E-state index contributed by atoms with van der Waals surface area (Å²) in [7, 11) is 0. The number of amides is 2. The summed E-state index contributed by atoms with van der Waals surface area (Å²) in [5.74, 6) is -4.62. The number of nitrogens with zero attached hydrogens (tertiary/aromatic N) is 4. The van der Waals surface area contributed by atoms with Crippen molar-refractivity contribution in [1.29, 1.82) is 5.26 Å². The van der Waals surface area contributed by atoms with E-state index in [1.54, 1.807) is 23.1 Å². The Labute approximate surface area is 228 Å². The first-order chi connectivity index (χ1) is 19.1. The Morgan fingerprint density at radius 2 is 1.77 bits per heavy atom. The van der Waals surface area contributed by atoms with Crippen molar-refractivity contribution < 1.29 is 22.8 Å². The number of benzene rings is 2. The van der Waals surface area contributed by atoms with Crippen molar-refractivity contribution in [2.75, 3.05) is 0 Å². The number of hydrogen-bond acceptors (Lipinski definition) is 6. The molecule has 2 saturated carbocycles. The lowest BCUT2D eigenvalue weighted by molar-refractivity contribution is -0.132. The van der Waals surface area contributed by atoms with Crippen LogP contribution >= 0.6 is 0 Å². The summed E-state index contributed by atoms with van der Waals surface area (Å²) < 4.78 is 36.3. The molecule has 2 aliphatic carbocycles. The minimum atomic E-state index is -2.94. The maximum Gasteiger partial charge on any atom is 0.284 e. The number of nitrogens with two attached hydrogens (primary N) is 1. The van der Waals surface area contributed by atoms with Crippen LogP contribution < -0.4 is 11.1 Å². The second kappa shape index (κ2) is 8.98. The van der Waals surface area contributed by atoms with Gasteiger partial charge in [0, 0.05) is 23.8 Å². The Bertz CT molecular complexity index is 1690. The molecule has 2 aliphatic rings. The minimum Gasteiger partial charge on any atom is -0.451 e. The van der Waals surface area contributed by atoms with Gasteiger partial charge in [-0.3, -0.25) is 9.59 Å². The molecule has 2 fully saturated rings. The molecule has 0 saturated heterocycles. The molecule has 2 aromatic heterocycles. The monoisotopic (exact) mass is 544 g/mol. The normalized spacial score (nSPS) is 18.6. The van der Waals surface area contributed by atoms with E-state index in [1.165, 1.54) is 6.33 Å². The smallest absolute Gasteiger partial charge is 0.284 e. The van der Waals surface area contributed by atoms with Crippen molar-refractivity contribution in [2.24, 2.45) is 5.73 Å². The van der Waals surface area contributed by atoms with Crippen LogP contribution in [-0.4, -0.2) is 38.0 Å². The first-order valence-electron chi connectivity index (χ1n) is 13.0. The molecule has 9 nitrogen and oxygen atoms in total. The largest absolute Gasteiger partial charge is 0.451 e. The van der Waals surface area contributed by atoms with E-state index in [9.17, 15) is 23.6 Å². The molecule has 0 radical (unpaired) electrons. The van der Waals surface area contributed by atoms with E-state index in [1.807, 2.05) is 31.2 Å². The van der Waals surface area contributed by atoms with E-state index < -0.39 is 41.5 Å². The number of carbonyl (C=O) groups is 2. The standard InChI is InChI=1S/C29H26F2N6O3/c1-17-12-18(3-5-21(17)37-16-34-15-35-37)19-2-4-20-22(13-19)40-24(25(33)38)23(20)28(8-10-29(30,31)11-9-28)26(39)36-27(14-32)6-7-27/h2-5,12-13,15-16H,6-11H2,1H3,(H2,33,38)(H,36,39). The van der Waals surface area contributed by atoms with E-state index in [2.05, 4.69) is 21.5 Å². The molecule has 2 aromatic carbocycles. The van der Waals surface area contributed by atoms with Crippen molar-refractivity contribution in [3.8, 4) is 22.9 Å². The zero-order chi connectivity index (χ0) is 28.3. The van der Waals surface area contributed by atoms with Gasteiger partial charge in [-0.25, -0.2) is 18.4 Å². The molecule has 0 spiro atoms. The van der Waals surface area contributed by atoms with Crippen molar-refractivity contribution in [3.05, 3.63) is 65.9 Å². The molecule has 0 bridgehead atoms. The molecule has 2 heterocycles. The number of nitrogens with one attached hydrogen (secondary N) is 1. The predicted octanol–water partition coefficient (Wildman–Crippen LogP) is 4.71. The number of hydrogen-bond donors (Lipinski definition) is 2. The first kappa shape index (κ1) is 25.7. The van der Waals surface area contributed by atoms with Crippen LogP contribution in [0.5, 0.6) is 0 Å². The molecule has 4 aromatic rings. The van der Waals surface area contributed by atoms with Gasteiger partial charge in [0.15, 0.2) is 5.76 Å². The fraction of sp³-hybridized carbons (Fsp3) is 0.345. The van der Waals surface area contributed by atoms with Gasteiger partial charge in [0.1, 0.15) is 23.8 Å². The maximum atomic E-state index is 14.3. The Kier molecular flexibility index (Phi) is 5.76. The highest BCUT2D eigenvalue weighted by atomic mass is 19.3. The van der Waals surface area contributed by atoms with Crippen LogP contribution in [0.1, 0.15) is 60.2 Å². The summed E-state index contributed by atoms with van der Waals surface area (Å²) in [4.78, 5) is 30.4. The molecule has 0 aliphatic heterocycles. The number of nitriles is 1. The van der Waals surface area contributed by atoms with Crippen LogP contribution in [0, 0.1) is 18.3 Å². The van der Waals surface area contributed by atoms with Crippen LogP contribution in [0.25, 0.3) is 27.8 Å². The molecular formula is C29H26F2N6O3. The lowest BCUT2D eigenvalue weighted by Crippen LogP contribution is -2.52. The van der Waals surface area contributed by atoms with Gasteiger partial charge in [-0.05, 0) is 67.5 Å². The zero-order valence-electron chi connectivity index (χ0n) is 21.7. The summed E-state index contributed by atoms with van der Waals surface area (Å²) in [5.41, 5.74) is 7.20. The zero-order valence-corrected chi connectivity index (χ0v) is 21.7. The molecule has 0 atom stereocenters. The lowest BCUT2D eigenvalue weighted by Gasteiger charge is -2.39. The predicted molar refractivity (Wildman–Crippen MR) is 141 cm³/mol. The van der Waals surface area contributed by atoms with E-state index in [4.69, 9.17) is 10.2 Å². The quantitative estimate of drug-likeness (QED) is 0.360. The number of fused-ring (bicyclic) bond motifs is 1. The van der Waals surface area contributed by atoms with Crippen molar-refractivity contribution >= 4 is 22.8 Å². The SMILES string of the molecule is Cc1cc(-c2ccc3c(C4(C(=O)NC5(C#N)CC5)CCC(F)(F)CC4)c(C(N)=O)oc3c2)ccc1-n1cncn1. The number of halogens is 2. The first-order valence-corrected chi connectivity index (χ1v) is 13.0. The fourth-order valence-electron chi connectivity index (χ4n) is 5.71. The minimum absolute atomic E-state index is 0.209. The van der Waals surface area contributed by atoms with Gasteiger partial charge in [-0.1, -0.05) is 18.2 Å². The second-order valence-electron chi connectivity index (χ2n) is 10.8. The highest BCUT2D eigenvalue weighted by Gasteiger charge is 2.55. The summed E-state index contributed by atoms with van der Waals surface area (Å²) in [6.45, 7) is 1.95. The average Bonchev–Trinajstić information content (AvgIpc) is 3.31. The van der Waals surface area contributed by atoms with Gasteiger partial charge < -0.3 is 15.5 Å². The summed E-state index contributed by atoms with van der Waals surface area (Å²) in [5, 5.41) is 17.0. The molecule has 0 unspecified atom stereocenters. The number of rotatable bonds is 6. The van der Waals surface area contributed by atoms with Crippen LogP contribution in [0.15, 0.2) is 53.5 Å². The van der Waals surface area contributed by atoms with Crippen LogP contribution in [0.3, 0.4) is 0 Å². The number of aryl methyl sites for hydroxylation is 1. The van der Waals surface area contributed by atoms with Crippen molar-refractivity contribution in [3.63, 3.8) is 0 Å². The van der Waals surface area contributed by atoms with Crippen LogP contribution in [0.4, 0.5) is 8.78 Å². The highest BCUT2D eigenvalue weighted by Crippen LogP contribution is 2.50. The number of aromatic nitrogens is 3. The average molecular weight is 545 g/mol. The van der Waals surface area contributed by atoms with Gasteiger partial charge >= 0.3 is 0 Å². The van der Waals surface area contributed by atoms with Crippen molar-refractivity contribution in [1.82, 2.24) is 20.1 Å². The molecule has 11 heteroatoms. The molecular weight excluding hydrogens is 518 g/mol.